The summed E-state index contributed by atoms with van der Waals surface area (Å²) < 4.78 is 10.8. The third kappa shape index (κ3) is 5.28. The lowest BCUT2D eigenvalue weighted by atomic mass is 9.94. The van der Waals surface area contributed by atoms with Crippen molar-refractivity contribution in [3.05, 3.63) is 34.4 Å². The van der Waals surface area contributed by atoms with Crippen molar-refractivity contribution in [3.8, 4) is 23.7 Å². The van der Waals surface area contributed by atoms with Crippen molar-refractivity contribution in [3.63, 3.8) is 0 Å². The van der Waals surface area contributed by atoms with Gasteiger partial charge in [-0.05, 0) is 37.1 Å². The number of hydrogen-bond acceptors (Lipinski definition) is 10. The molecule has 2 aliphatic heterocycles. The zero-order valence-electron chi connectivity index (χ0n) is 18.7. The highest BCUT2D eigenvalue weighted by Crippen LogP contribution is 2.23. The summed E-state index contributed by atoms with van der Waals surface area (Å²) in [6.45, 7) is 2.55. The molecule has 10 heteroatoms. The van der Waals surface area contributed by atoms with Gasteiger partial charge in [-0.3, -0.25) is 0 Å². The van der Waals surface area contributed by atoms with E-state index in [9.17, 15) is 40.9 Å². The van der Waals surface area contributed by atoms with Crippen molar-refractivity contribution in [1.29, 1.82) is 0 Å². The smallest absolute Gasteiger partial charge is 0.147 e. The van der Waals surface area contributed by atoms with Crippen molar-refractivity contribution in [2.75, 3.05) is 13.2 Å². The Labute approximate surface area is 197 Å². The summed E-state index contributed by atoms with van der Waals surface area (Å²) >= 11 is 0. The van der Waals surface area contributed by atoms with Crippen molar-refractivity contribution in [1.82, 2.24) is 0 Å². The van der Waals surface area contributed by atoms with Crippen molar-refractivity contribution in [2.45, 2.75) is 74.9 Å². The van der Waals surface area contributed by atoms with Gasteiger partial charge in [0.15, 0.2) is 0 Å². The first-order chi connectivity index (χ1) is 16.1. The molecule has 1 aromatic rings. The van der Waals surface area contributed by atoms with Gasteiger partial charge in [-0.1, -0.05) is 23.7 Å². The molecule has 0 bridgehead atoms. The topological polar surface area (TPSA) is 180 Å². The zero-order valence-corrected chi connectivity index (χ0v) is 18.7. The van der Waals surface area contributed by atoms with Crippen molar-refractivity contribution in [2.24, 2.45) is 0 Å². The lowest BCUT2D eigenvalue weighted by Crippen LogP contribution is -2.58. The normalized spacial score (nSPS) is 37.8. The Hall–Kier alpha value is -2.06. The molecule has 1 aromatic carbocycles. The van der Waals surface area contributed by atoms with Gasteiger partial charge in [0.1, 0.15) is 61.0 Å². The van der Waals surface area contributed by atoms with E-state index in [4.69, 9.17) is 9.47 Å². The van der Waals surface area contributed by atoms with E-state index in [0.29, 0.717) is 11.1 Å². The maximum atomic E-state index is 10.1. The molecule has 2 heterocycles. The van der Waals surface area contributed by atoms with E-state index in [-0.39, 0.29) is 0 Å². The molecule has 0 unspecified atom stereocenters. The van der Waals surface area contributed by atoms with E-state index >= 15 is 0 Å². The molecule has 0 radical (unpaired) electrons. The number of rotatable bonds is 2. The van der Waals surface area contributed by atoms with Gasteiger partial charge in [-0.15, -0.1) is 0 Å². The van der Waals surface area contributed by atoms with E-state index in [2.05, 4.69) is 23.7 Å². The highest BCUT2D eigenvalue weighted by Gasteiger charge is 2.43. The van der Waals surface area contributed by atoms with Crippen LogP contribution < -0.4 is 0 Å². The van der Waals surface area contributed by atoms with Gasteiger partial charge in [-0.2, -0.15) is 0 Å². The summed E-state index contributed by atoms with van der Waals surface area (Å²) in [6, 6.07) is 3.38. The minimum absolute atomic E-state index is 0.539. The highest BCUT2D eigenvalue weighted by molar-refractivity contribution is 5.53. The molecule has 2 aliphatic rings. The summed E-state index contributed by atoms with van der Waals surface area (Å²) in [5, 5.41) is 78.4. The second-order valence-electron chi connectivity index (χ2n) is 8.45. The molecule has 0 saturated carbocycles. The number of hydrogen-bond donors (Lipinski definition) is 8. The van der Waals surface area contributed by atoms with Gasteiger partial charge in [-0.25, -0.2) is 0 Å². The largest absolute Gasteiger partial charge is 0.394 e. The Kier molecular flexibility index (Phi) is 8.68. The van der Waals surface area contributed by atoms with E-state index in [0.717, 1.165) is 11.1 Å². The SMILES string of the molecule is Cc1c(C#C[C@H]2O[C@H](CO)[C@@H](O)[C@H](O)[C@@H]2O)ccc(C#C[C@H]2O[C@H](CO)[C@@H](O)[C@H](O)[C@@H]2O)c1C. The Balaban J connectivity index is 1.80. The Morgan fingerprint density at radius 1 is 0.618 bits per heavy atom. The second kappa shape index (κ2) is 11.1. The molecule has 2 fully saturated rings. The van der Waals surface area contributed by atoms with Crippen LogP contribution in [0.1, 0.15) is 22.3 Å². The summed E-state index contributed by atoms with van der Waals surface area (Å²) in [5.41, 5.74) is 2.76. The molecule has 2 saturated heterocycles. The molecular formula is C24H30O10. The van der Waals surface area contributed by atoms with Crippen molar-refractivity contribution < 1.29 is 50.3 Å². The number of aliphatic hydroxyl groups excluding tert-OH is 8. The minimum Gasteiger partial charge on any atom is -0.394 e. The van der Waals surface area contributed by atoms with Crippen LogP contribution in [0.2, 0.25) is 0 Å². The lowest BCUT2D eigenvalue weighted by molar-refractivity contribution is -0.214. The average Bonchev–Trinajstić information content (AvgIpc) is 2.83. The van der Waals surface area contributed by atoms with Crippen LogP contribution in [0, 0.1) is 37.5 Å². The molecule has 0 amide bonds. The molecular weight excluding hydrogens is 448 g/mol. The van der Waals surface area contributed by atoms with Crippen LogP contribution in [-0.2, 0) is 9.47 Å². The maximum Gasteiger partial charge on any atom is 0.147 e. The van der Waals surface area contributed by atoms with E-state index < -0.39 is 74.3 Å². The monoisotopic (exact) mass is 478 g/mol. The summed E-state index contributed by atoms with van der Waals surface area (Å²) in [6.07, 6.45) is -13.1. The Morgan fingerprint density at radius 2 is 0.971 bits per heavy atom. The summed E-state index contributed by atoms with van der Waals surface area (Å²) in [5.74, 6) is 11.2. The highest BCUT2D eigenvalue weighted by atomic mass is 16.5. The molecule has 3 rings (SSSR count). The van der Waals surface area contributed by atoms with Gasteiger partial charge < -0.3 is 50.3 Å². The zero-order chi connectivity index (χ0) is 25.2. The van der Waals surface area contributed by atoms with Gasteiger partial charge in [0, 0.05) is 11.1 Å². The van der Waals surface area contributed by atoms with E-state index in [1.54, 1.807) is 12.1 Å². The van der Waals surface area contributed by atoms with Crippen LogP contribution in [0.4, 0.5) is 0 Å². The number of benzene rings is 1. The van der Waals surface area contributed by atoms with Crippen LogP contribution in [0.3, 0.4) is 0 Å². The van der Waals surface area contributed by atoms with E-state index in [1.807, 2.05) is 13.8 Å². The standard InChI is InChI=1S/C24H30O10/c1-11-12(2)14(6-8-16-20(28)24(32)22(30)18(10-26)34-16)4-3-13(11)5-7-15-19(27)23(31)21(29)17(9-25)33-15/h3-4,15-32H,9-10H2,1-2H3/t15-,16-,17-,18-,19-,20-,21-,22-,23-,24-/m1/s1. The molecule has 0 aliphatic carbocycles. The van der Waals surface area contributed by atoms with E-state index in [1.165, 1.54) is 0 Å². The molecule has 0 aromatic heterocycles. The predicted molar refractivity (Wildman–Crippen MR) is 117 cm³/mol. The Bertz CT molecular complexity index is 906. The van der Waals surface area contributed by atoms with Crippen LogP contribution in [0.15, 0.2) is 12.1 Å². The van der Waals surface area contributed by atoms with Gasteiger partial charge in [0.2, 0.25) is 0 Å². The molecule has 34 heavy (non-hydrogen) atoms. The van der Waals surface area contributed by atoms with Gasteiger partial charge in [0.25, 0.3) is 0 Å². The first-order valence-electron chi connectivity index (χ1n) is 10.8. The fourth-order valence-electron chi connectivity index (χ4n) is 3.83. The van der Waals surface area contributed by atoms with Gasteiger partial charge in [0.05, 0.1) is 13.2 Å². The molecule has 10 atom stereocenters. The Morgan fingerprint density at radius 3 is 1.29 bits per heavy atom. The second-order valence-corrected chi connectivity index (χ2v) is 8.45. The molecule has 0 spiro atoms. The first kappa shape index (κ1) is 26.5. The maximum absolute atomic E-state index is 10.1. The fourth-order valence-corrected chi connectivity index (χ4v) is 3.83. The van der Waals surface area contributed by atoms with Crippen LogP contribution in [0.5, 0.6) is 0 Å². The first-order valence-corrected chi connectivity index (χ1v) is 10.8. The third-order valence-electron chi connectivity index (χ3n) is 6.27. The molecule has 8 N–H and O–H groups in total. The fraction of sp³-hybridized carbons (Fsp3) is 0.583. The molecule has 10 nitrogen and oxygen atoms in total. The number of aliphatic hydroxyl groups is 8. The summed E-state index contributed by atoms with van der Waals surface area (Å²) in [4.78, 5) is 0. The lowest BCUT2D eigenvalue weighted by Gasteiger charge is -2.37. The number of ether oxygens (including phenoxy) is 2. The van der Waals surface area contributed by atoms with Crippen LogP contribution in [0.25, 0.3) is 0 Å². The van der Waals surface area contributed by atoms with Gasteiger partial charge >= 0.3 is 0 Å². The summed E-state index contributed by atoms with van der Waals surface area (Å²) in [7, 11) is 0. The third-order valence-corrected chi connectivity index (χ3v) is 6.27. The average molecular weight is 478 g/mol. The van der Waals surface area contributed by atoms with Crippen LogP contribution in [-0.4, -0.2) is 115 Å². The van der Waals surface area contributed by atoms with Crippen LogP contribution >= 0.6 is 0 Å². The van der Waals surface area contributed by atoms with Crippen molar-refractivity contribution >= 4 is 0 Å². The quantitative estimate of drug-likeness (QED) is 0.201. The minimum atomic E-state index is -1.51. The molecule has 186 valence electrons. The predicted octanol–water partition coefficient (Wildman–Crippen LogP) is -3.31.